The number of carbonyl (C=O) groups is 3. The number of nitrogens with one attached hydrogen (secondary N) is 2. The number of hydrogen-bond donors (Lipinski definition) is 2. The number of amides is 3. The molecule has 1 aliphatic heterocycles. The van der Waals surface area contributed by atoms with Crippen molar-refractivity contribution in [3.63, 3.8) is 0 Å². The van der Waals surface area contributed by atoms with Crippen molar-refractivity contribution in [2.75, 3.05) is 16.8 Å². The van der Waals surface area contributed by atoms with E-state index in [-0.39, 0.29) is 17.7 Å². The molecule has 1 atom stereocenters. The molecule has 0 saturated heterocycles. The van der Waals surface area contributed by atoms with Gasteiger partial charge in [0, 0.05) is 30.4 Å². The average molecular weight is 442 g/mol. The number of fused-ring (bicyclic) bond motifs is 1. The van der Waals surface area contributed by atoms with Crippen molar-refractivity contribution < 1.29 is 14.4 Å². The Balaban J connectivity index is 1.65. The van der Waals surface area contributed by atoms with E-state index < -0.39 is 6.04 Å². The molecule has 2 N–H and O–H groups in total. The molecule has 0 saturated carbocycles. The minimum absolute atomic E-state index is 0.170. The maximum Gasteiger partial charge on any atom is 0.254 e. The number of rotatable bonds is 5. The summed E-state index contributed by atoms with van der Waals surface area (Å²) >= 11 is 0. The monoisotopic (exact) mass is 441 g/mol. The lowest BCUT2D eigenvalue weighted by atomic mass is 9.98. The highest BCUT2D eigenvalue weighted by Gasteiger charge is 2.31. The van der Waals surface area contributed by atoms with E-state index in [2.05, 4.69) is 10.6 Å². The van der Waals surface area contributed by atoms with Gasteiger partial charge in [0.1, 0.15) is 6.04 Å². The summed E-state index contributed by atoms with van der Waals surface area (Å²) in [6.07, 6.45) is 1.80. The van der Waals surface area contributed by atoms with Crippen LogP contribution in [0.4, 0.5) is 11.4 Å². The molecule has 0 fully saturated rings. The minimum atomic E-state index is -0.838. The topological polar surface area (TPSA) is 78.5 Å². The number of para-hydroxylation sites is 1. The number of carbonyl (C=O) groups excluding carboxylic acids is 3. The molecular formula is C27H27N3O3. The van der Waals surface area contributed by atoms with E-state index in [4.69, 9.17) is 0 Å². The van der Waals surface area contributed by atoms with Gasteiger partial charge in [-0.1, -0.05) is 54.6 Å². The van der Waals surface area contributed by atoms with Crippen molar-refractivity contribution in [2.45, 2.75) is 32.7 Å². The van der Waals surface area contributed by atoms with Crippen molar-refractivity contribution in [1.82, 2.24) is 5.32 Å². The van der Waals surface area contributed by atoms with Crippen LogP contribution < -0.4 is 15.5 Å². The maximum atomic E-state index is 13.7. The van der Waals surface area contributed by atoms with Crippen LogP contribution in [0, 0.1) is 6.92 Å². The first-order valence-corrected chi connectivity index (χ1v) is 11.1. The second kappa shape index (κ2) is 9.69. The third kappa shape index (κ3) is 4.95. The number of anilines is 2. The van der Waals surface area contributed by atoms with Gasteiger partial charge < -0.3 is 15.5 Å². The predicted molar refractivity (Wildman–Crippen MR) is 129 cm³/mol. The Labute approximate surface area is 193 Å². The van der Waals surface area contributed by atoms with E-state index >= 15 is 0 Å². The smallest absolute Gasteiger partial charge is 0.254 e. The van der Waals surface area contributed by atoms with Crippen molar-refractivity contribution in [3.05, 3.63) is 95.1 Å². The molecule has 6 heteroatoms. The second-order valence-corrected chi connectivity index (χ2v) is 8.25. The fourth-order valence-corrected chi connectivity index (χ4v) is 4.15. The molecule has 0 unspecified atom stereocenters. The van der Waals surface area contributed by atoms with Crippen molar-refractivity contribution in [1.29, 1.82) is 0 Å². The third-order valence-corrected chi connectivity index (χ3v) is 5.84. The molecule has 3 aromatic carbocycles. The summed E-state index contributed by atoms with van der Waals surface area (Å²) in [7, 11) is 0. The molecule has 0 radical (unpaired) electrons. The maximum absolute atomic E-state index is 13.7. The van der Waals surface area contributed by atoms with Crippen LogP contribution >= 0.6 is 0 Å². The first kappa shape index (κ1) is 22.3. The van der Waals surface area contributed by atoms with E-state index in [0.29, 0.717) is 23.4 Å². The molecule has 1 heterocycles. The number of hydrogen-bond acceptors (Lipinski definition) is 3. The highest BCUT2D eigenvalue weighted by Crippen LogP contribution is 2.30. The van der Waals surface area contributed by atoms with Gasteiger partial charge in [-0.05, 0) is 54.7 Å². The summed E-state index contributed by atoms with van der Waals surface area (Å²) in [4.78, 5) is 40.2. The van der Waals surface area contributed by atoms with Gasteiger partial charge in [0.05, 0.1) is 0 Å². The fourth-order valence-electron chi connectivity index (χ4n) is 4.15. The zero-order valence-electron chi connectivity index (χ0n) is 18.8. The van der Waals surface area contributed by atoms with Crippen LogP contribution in [0.15, 0.2) is 72.8 Å². The van der Waals surface area contributed by atoms with Gasteiger partial charge in [-0.2, -0.15) is 0 Å². The van der Waals surface area contributed by atoms with E-state index in [1.54, 1.807) is 23.1 Å². The number of nitrogens with zero attached hydrogens (tertiary/aromatic N) is 1. The summed E-state index contributed by atoms with van der Waals surface area (Å²) in [6.45, 7) is 3.88. The van der Waals surface area contributed by atoms with Crippen LogP contribution in [0.25, 0.3) is 0 Å². The Bertz CT molecular complexity index is 1190. The minimum Gasteiger partial charge on any atom is -0.336 e. The molecular weight excluding hydrogens is 414 g/mol. The van der Waals surface area contributed by atoms with Gasteiger partial charge in [0.2, 0.25) is 5.91 Å². The molecule has 6 nitrogen and oxygen atoms in total. The molecule has 168 valence electrons. The third-order valence-electron chi connectivity index (χ3n) is 5.84. The molecule has 33 heavy (non-hydrogen) atoms. The van der Waals surface area contributed by atoms with Crippen LogP contribution in [-0.2, 0) is 16.0 Å². The number of aryl methyl sites for hydroxylation is 2. The van der Waals surface area contributed by atoms with Crippen molar-refractivity contribution >= 4 is 29.1 Å². The van der Waals surface area contributed by atoms with Crippen LogP contribution in [0.5, 0.6) is 0 Å². The Morgan fingerprint density at radius 3 is 2.42 bits per heavy atom. The zero-order chi connectivity index (χ0) is 23.4. The first-order valence-electron chi connectivity index (χ1n) is 11.1. The Hall–Kier alpha value is -3.93. The Kier molecular flexibility index (Phi) is 6.54. The van der Waals surface area contributed by atoms with Gasteiger partial charge in [-0.15, -0.1) is 0 Å². The van der Waals surface area contributed by atoms with Crippen LogP contribution in [0.3, 0.4) is 0 Å². The van der Waals surface area contributed by atoms with Crippen molar-refractivity contribution in [3.8, 4) is 0 Å². The molecule has 0 aliphatic carbocycles. The molecule has 0 aromatic heterocycles. The van der Waals surface area contributed by atoms with Gasteiger partial charge in [0.25, 0.3) is 11.8 Å². The summed E-state index contributed by atoms with van der Waals surface area (Å²) in [5.41, 5.74) is 4.54. The largest absolute Gasteiger partial charge is 0.336 e. The van der Waals surface area contributed by atoms with E-state index in [1.165, 1.54) is 6.92 Å². The van der Waals surface area contributed by atoms with E-state index in [9.17, 15) is 14.4 Å². The number of benzene rings is 3. The highest BCUT2D eigenvalue weighted by atomic mass is 16.2. The van der Waals surface area contributed by atoms with Gasteiger partial charge >= 0.3 is 0 Å². The summed E-state index contributed by atoms with van der Waals surface area (Å²) < 4.78 is 0. The summed E-state index contributed by atoms with van der Waals surface area (Å²) in [5.74, 6) is -0.762. The molecule has 3 aromatic rings. The Morgan fingerprint density at radius 1 is 0.939 bits per heavy atom. The molecule has 3 amide bonds. The highest BCUT2D eigenvalue weighted by molar-refractivity contribution is 6.04. The van der Waals surface area contributed by atoms with Crippen LogP contribution in [0.1, 0.15) is 46.4 Å². The Morgan fingerprint density at radius 2 is 1.67 bits per heavy atom. The summed E-state index contributed by atoms with van der Waals surface area (Å²) in [6, 6.07) is 21.4. The standard InChI is InChI=1S/C27H27N3O3/c1-18-14-15-22(17-23(18)28-19(2)31)26(32)29-25(21-10-4-3-5-11-21)27(33)30-16-8-12-20-9-6-7-13-24(20)30/h3-7,9-11,13-15,17,25H,8,12,16H2,1-2H3,(H,28,31)(H,29,32)/t25-/m1/s1. The van der Waals surface area contributed by atoms with Crippen molar-refractivity contribution in [2.24, 2.45) is 0 Å². The zero-order valence-corrected chi connectivity index (χ0v) is 18.8. The molecule has 0 bridgehead atoms. The molecule has 4 rings (SSSR count). The first-order chi connectivity index (χ1) is 15.9. The lowest BCUT2D eigenvalue weighted by molar-refractivity contribution is -0.120. The van der Waals surface area contributed by atoms with E-state index in [0.717, 1.165) is 29.7 Å². The van der Waals surface area contributed by atoms with E-state index in [1.807, 2.05) is 61.5 Å². The SMILES string of the molecule is CC(=O)Nc1cc(C(=O)N[C@@H](C(=O)N2CCCc3ccccc32)c2ccccc2)ccc1C. The lowest BCUT2D eigenvalue weighted by Gasteiger charge is -2.32. The van der Waals surface area contributed by atoms with Crippen LogP contribution in [0.2, 0.25) is 0 Å². The summed E-state index contributed by atoms with van der Waals surface area (Å²) in [5, 5.41) is 5.68. The average Bonchev–Trinajstić information content (AvgIpc) is 2.83. The normalized spacial score (nSPS) is 13.6. The van der Waals surface area contributed by atoms with Crippen LogP contribution in [-0.4, -0.2) is 24.3 Å². The quantitative estimate of drug-likeness (QED) is 0.616. The lowest BCUT2D eigenvalue weighted by Crippen LogP contribution is -2.45. The molecule has 0 spiro atoms. The van der Waals surface area contributed by atoms with Gasteiger partial charge in [-0.3, -0.25) is 14.4 Å². The second-order valence-electron chi connectivity index (χ2n) is 8.25. The molecule has 1 aliphatic rings. The fraction of sp³-hybridized carbons (Fsp3) is 0.222. The predicted octanol–water partition coefficient (Wildman–Crippen LogP) is 4.40. The van der Waals surface area contributed by atoms with Gasteiger partial charge in [0.15, 0.2) is 0 Å². The van der Waals surface area contributed by atoms with Gasteiger partial charge in [-0.25, -0.2) is 0 Å².